The number of nitrogens with zero attached hydrogens (tertiary/aromatic N) is 3. The normalized spacial score (nSPS) is 25.7. The van der Waals surface area contributed by atoms with Gasteiger partial charge in [-0.1, -0.05) is 24.5 Å². The molecule has 1 unspecified atom stereocenters. The van der Waals surface area contributed by atoms with Gasteiger partial charge in [-0.05, 0) is 25.7 Å². The molecule has 110 valence electrons. The number of hydrogen-bond donors (Lipinski definition) is 1. The number of carbonyl (C=O) groups is 1. The minimum Gasteiger partial charge on any atom is -0.481 e. The first-order valence-electron chi connectivity index (χ1n) is 7.43. The molecule has 2 aliphatic rings. The van der Waals surface area contributed by atoms with Gasteiger partial charge in [0.05, 0.1) is 23.8 Å². The van der Waals surface area contributed by atoms with E-state index in [9.17, 15) is 4.79 Å². The smallest absolute Gasteiger partial charge is 0.309 e. The van der Waals surface area contributed by atoms with Gasteiger partial charge in [-0.25, -0.2) is 4.68 Å². The lowest BCUT2D eigenvalue weighted by atomic mass is 9.78. The van der Waals surface area contributed by atoms with Gasteiger partial charge in [-0.2, -0.15) is 0 Å². The van der Waals surface area contributed by atoms with Crippen LogP contribution >= 0.6 is 0 Å². The number of hydrogen-bond acceptors (Lipinski definition) is 4. The molecule has 1 N–H and O–H groups in total. The molecule has 6 heteroatoms. The standard InChI is InChI=1S/C14H21N3O3/c18-13(19)8-11-10-17(16-15-11)12-4-7-20-14(9-12)5-2-1-3-6-14/h10,12H,1-9H2,(H,18,19). The maximum atomic E-state index is 10.7. The summed E-state index contributed by atoms with van der Waals surface area (Å²) in [4.78, 5) is 10.7. The van der Waals surface area contributed by atoms with E-state index in [1.54, 1.807) is 6.20 Å². The number of ether oxygens (including phenoxy) is 1. The Kier molecular flexibility index (Phi) is 3.74. The summed E-state index contributed by atoms with van der Waals surface area (Å²) in [7, 11) is 0. The molecule has 1 aromatic rings. The Morgan fingerprint density at radius 3 is 3.00 bits per heavy atom. The average Bonchev–Trinajstić information content (AvgIpc) is 2.87. The Morgan fingerprint density at radius 2 is 2.25 bits per heavy atom. The van der Waals surface area contributed by atoms with Gasteiger partial charge >= 0.3 is 5.97 Å². The van der Waals surface area contributed by atoms with Gasteiger partial charge < -0.3 is 9.84 Å². The summed E-state index contributed by atoms with van der Waals surface area (Å²) in [5.74, 6) is -0.868. The van der Waals surface area contributed by atoms with Crippen LogP contribution in [-0.4, -0.2) is 38.3 Å². The molecule has 1 spiro atoms. The quantitative estimate of drug-likeness (QED) is 0.915. The van der Waals surface area contributed by atoms with Gasteiger partial charge in [0.1, 0.15) is 0 Å². The number of rotatable bonds is 3. The van der Waals surface area contributed by atoms with Gasteiger partial charge in [0.25, 0.3) is 0 Å². The van der Waals surface area contributed by atoms with Crippen molar-refractivity contribution < 1.29 is 14.6 Å². The third-order valence-corrected chi connectivity index (χ3v) is 4.50. The van der Waals surface area contributed by atoms with Crippen LogP contribution in [0, 0.1) is 0 Å². The molecular weight excluding hydrogens is 258 g/mol. The van der Waals surface area contributed by atoms with Crippen molar-refractivity contribution in [2.75, 3.05) is 6.61 Å². The van der Waals surface area contributed by atoms with Gasteiger partial charge in [0, 0.05) is 12.8 Å². The van der Waals surface area contributed by atoms with Gasteiger partial charge in [0.2, 0.25) is 0 Å². The van der Waals surface area contributed by atoms with Crippen LogP contribution in [0.5, 0.6) is 0 Å². The lowest BCUT2D eigenvalue weighted by molar-refractivity contribution is -0.136. The van der Waals surface area contributed by atoms with E-state index >= 15 is 0 Å². The van der Waals surface area contributed by atoms with Crippen molar-refractivity contribution >= 4 is 5.97 Å². The molecule has 1 aliphatic heterocycles. The zero-order valence-corrected chi connectivity index (χ0v) is 11.6. The molecule has 1 atom stereocenters. The minimum atomic E-state index is -0.868. The molecule has 0 amide bonds. The first-order valence-corrected chi connectivity index (χ1v) is 7.43. The first-order chi connectivity index (χ1) is 9.67. The second-order valence-electron chi connectivity index (χ2n) is 6.00. The fourth-order valence-electron chi connectivity index (χ4n) is 3.50. The molecule has 1 aliphatic carbocycles. The van der Waals surface area contributed by atoms with E-state index in [-0.39, 0.29) is 18.1 Å². The largest absolute Gasteiger partial charge is 0.481 e. The summed E-state index contributed by atoms with van der Waals surface area (Å²) in [6, 6.07) is 0.289. The molecule has 1 aromatic heterocycles. The fraction of sp³-hybridized carbons (Fsp3) is 0.786. The highest BCUT2D eigenvalue weighted by Gasteiger charge is 2.39. The van der Waals surface area contributed by atoms with Crippen LogP contribution in [0.2, 0.25) is 0 Å². The maximum Gasteiger partial charge on any atom is 0.309 e. The Balaban J connectivity index is 1.70. The van der Waals surface area contributed by atoms with Crippen LogP contribution in [0.3, 0.4) is 0 Å². The molecule has 1 saturated heterocycles. The van der Waals surface area contributed by atoms with Crippen LogP contribution in [0.25, 0.3) is 0 Å². The summed E-state index contributed by atoms with van der Waals surface area (Å²) in [6.07, 6.45) is 9.69. The van der Waals surface area contributed by atoms with E-state index in [1.165, 1.54) is 19.3 Å². The third-order valence-electron chi connectivity index (χ3n) is 4.50. The molecule has 1 saturated carbocycles. The molecule has 0 radical (unpaired) electrons. The fourth-order valence-corrected chi connectivity index (χ4v) is 3.50. The number of aliphatic carboxylic acids is 1. The highest BCUT2D eigenvalue weighted by molar-refractivity contribution is 5.69. The van der Waals surface area contributed by atoms with Crippen molar-refractivity contribution in [3.63, 3.8) is 0 Å². The van der Waals surface area contributed by atoms with E-state index in [1.807, 2.05) is 4.68 Å². The summed E-state index contributed by atoms with van der Waals surface area (Å²) in [5, 5.41) is 16.9. The van der Waals surface area contributed by atoms with Crippen molar-refractivity contribution in [3.8, 4) is 0 Å². The molecule has 2 heterocycles. The monoisotopic (exact) mass is 279 g/mol. The summed E-state index contributed by atoms with van der Waals surface area (Å²) < 4.78 is 7.92. The predicted molar refractivity (Wildman–Crippen MR) is 71.4 cm³/mol. The van der Waals surface area contributed by atoms with Crippen LogP contribution in [0.15, 0.2) is 6.20 Å². The van der Waals surface area contributed by atoms with Crippen molar-refractivity contribution in [2.24, 2.45) is 0 Å². The molecule has 2 fully saturated rings. The summed E-state index contributed by atoms with van der Waals surface area (Å²) in [6.45, 7) is 0.763. The van der Waals surface area contributed by atoms with Crippen LogP contribution in [-0.2, 0) is 16.0 Å². The molecule has 6 nitrogen and oxygen atoms in total. The van der Waals surface area contributed by atoms with E-state index in [0.29, 0.717) is 5.69 Å². The number of carboxylic acids is 1. The van der Waals surface area contributed by atoms with Crippen molar-refractivity contribution in [2.45, 2.75) is 63.0 Å². The molecule has 0 aromatic carbocycles. The first kappa shape index (κ1) is 13.5. The molecule has 0 bridgehead atoms. The molecule has 20 heavy (non-hydrogen) atoms. The topological polar surface area (TPSA) is 77.2 Å². The highest BCUT2D eigenvalue weighted by atomic mass is 16.5. The molecular formula is C14H21N3O3. The third kappa shape index (κ3) is 2.85. The lowest BCUT2D eigenvalue weighted by Gasteiger charge is -2.43. The maximum absolute atomic E-state index is 10.7. The van der Waals surface area contributed by atoms with E-state index in [4.69, 9.17) is 9.84 Å². The Hall–Kier alpha value is -1.43. The average molecular weight is 279 g/mol. The van der Waals surface area contributed by atoms with Crippen molar-refractivity contribution in [3.05, 3.63) is 11.9 Å². The zero-order valence-electron chi connectivity index (χ0n) is 11.6. The van der Waals surface area contributed by atoms with Crippen molar-refractivity contribution in [1.82, 2.24) is 15.0 Å². The Morgan fingerprint density at radius 1 is 1.45 bits per heavy atom. The van der Waals surface area contributed by atoms with Gasteiger partial charge in [0.15, 0.2) is 0 Å². The van der Waals surface area contributed by atoms with Crippen LogP contribution < -0.4 is 0 Å². The van der Waals surface area contributed by atoms with Gasteiger partial charge in [-0.3, -0.25) is 4.79 Å². The summed E-state index contributed by atoms with van der Waals surface area (Å²) in [5.41, 5.74) is 0.557. The van der Waals surface area contributed by atoms with Crippen LogP contribution in [0.1, 0.15) is 56.7 Å². The SMILES string of the molecule is O=C(O)Cc1cn(C2CCOC3(CCCCC3)C2)nn1. The van der Waals surface area contributed by atoms with E-state index < -0.39 is 5.97 Å². The Bertz CT molecular complexity index is 474. The zero-order chi connectivity index (χ0) is 14.0. The second-order valence-corrected chi connectivity index (χ2v) is 6.00. The van der Waals surface area contributed by atoms with Crippen molar-refractivity contribution in [1.29, 1.82) is 0 Å². The molecule has 3 rings (SSSR count). The number of carboxylic acid groups (broad SMARTS) is 1. The van der Waals surface area contributed by atoms with E-state index in [2.05, 4.69) is 10.3 Å². The van der Waals surface area contributed by atoms with E-state index in [0.717, 1.165) is 32.3 Å². The lowest BCUT2D eigenvalue weighted by Crippen LogP contribution is -2.42. The Labute approximate surface area is 118 Å². The highest BCUT2D eigenvalue weighted by Crippen LogP contribution is 2.41. The summed E-state index contributed by atoms with van der Waals surface area (Å²) >= 11 is 0. The van der Waals surface area contributed by atoms with Gasteiger partial charge in [-0.15, -0.1) is 5.10 Å². The van der Waals surface area contributed by atoms with Crippen LogP contribution in [0.4, 0.5) is 0 Å². The number of aromatic nitrogens is 3. The predicted octanol–water partition coefficient (Wildman–Crippen LogP) is 1.96. The minimum absolute atomic E-state index is 0.0279. The second kappa shape index (κ2) is 5.52.